The predicted octanol–water partition coefficient (Wildman–Crippen LogP) is 2.34. The molecule has 0 radical (unpaired) electrons. The lowest BCUT2D eigenvalue weighted by Crippen LogP contribution is -2.14. The minimum absolute atomic E-state index is 0.125. The largest absolute Gasteiger partial charge is 0.464 e. The van der Waals surface area contributed by atoms with Crippen molar-refractivity contribution in [1.82, 2.24) is 0 Å². The van der Waals surface area contributed by atoms with E-state index in [4.69, 9.17) is 9.29 Å². The molecule has 0 atom stereocenters. The number of unbranched alkanes of at least 4 members (excludes halogenated alkanes) is 3. The molecule has 0 aromatic rings. The van der Waals surface area contributed by atoms with Crippen LogP contribution in [0.4, 0.5) is 13.2 Å². The summed E-state index contributed by atoms with van der Waals surface area (Å²) < 4.78 is 73.9. The first-order valence-electron chi connectivity index (χ1n) is 6.85. The van der Waals surface area contributed by atoms with Crippen LogP contribution in [0.1, 0.15) is 38.5 Å². The van der Waals surface area contributed by atoms with Gasteiger partial charge in [0.25, 0.3) is 10.1 Å². The number of alkyl halides is 3. The monoisotopic (exact) mass is 350 g/mol. The minimum Gasteiger partial charge on any atom is -0.464 e. The second-order valence-electron chi connectivity index (χ2n) is 4.65. The van der Waals surface area contributed by atoms with Crippen molar-refractivity contribution in [1.29, 1.82) is 0 Å². The fourth-order valence-electron chi connectivity index (χ4n) is 1.45. The van der Waals surface area contributed by atoms with Crippen molar-refractivity contribution in [2.75, 3.05) is 25.6 Å². The predicted molar refractivity (Wildman–Crippen MR) is 72.0 cm³/mol. The summed E-state index contributed by atoms with van der Waals surface area (Å²) in [7, 11) is -4.13. The summed E-state index contributed by atoms with van der Waals surface area (Å²) in [5, 5.41) is 0. The Balaban J connectivity index is 3.34. The van der Waals surface area contributed by atoms with Crippen LogP contribution in [-0.2, 0) is 24.4 Å². The van der Waals surface area contributed by atoms with E-state index >= 15 is 0 Å². The van der Waals surface area contributed by atoms with Crippen molar-refractivity contribution in [2.45, 2.75) is 44.7 Å². The Kier molecular flexibility index (Phi) is 10.4. The molecule has 0 rings (SSSR count). The summed E-state index contributed by atoms with van der Waals surface area (Å²) in [6.45, 7) is -0.483. The third-order valence-electron chi connectivity index (χ3n) is 2.55. The molecule has 1 N–H and O–H groups in total. The first kappa shape index (κ1) is 21.1. The second kappa shape index (κ2) is 10.8. The second-order valence-corrected chi connectivity index (χ2v) is 6.22. The molecule has 0 heterocycles. The normalized spacial score (nSPS) is 12.4. The molecule has 0 amide bonds. The highest BCUT2D eigenvalue weighted by Crippen LogP contribution is 2.19. The van der Waals surface area contributed by atoms with Gasteiger partial charge in [-0.25, -0.2) is 0 Å². The lowest BCUT2D eigenvalue weighted by Gasteiger charge is -2.07. The van der Waals surface area contributed by atoms with Crippen molar-refractivity contribution in [2.24, 2.45) is 0 Å². The number of hydrogen-bond donors (Lipinski definition) is 1. The van der Waals surface area contributed by atoms with Gasteiger partial charge in [-0.15, -0.1) is 0 Å². The molecule has 0 fully saturated rings. The molecule has 0 aliphatic rings. The van der Waals surface area contributed by atoms with Gasteiger partial charge >= 0.3 is 12.1 Å². The van der Waals surface area contributed by atoms with Gasteiger partial charge in [-0.3, -0.25) is 9.35 Å². The van der Waals surface area contributed by atoms with E-state index in [0.29, 0.717) is 25.7 Å². The summed E-state index contributed by atoms with van der Waals surface area (Å²) in [6.07, 6.45) is -2.48. The summed E-state index contributed by atoms with van der Waals surface area (Å²) in [4.78, 5) is 11.2. The molecule has 0 aromatic carbocycles. The average molecular weight is 350 g/mol. The molecule has 22 heavy (non-hydrogen) atoms. The number of carbonyl (C=O) groups is 1. The van der Waals surface area contributed by atoms with Gasteiger partial charge in [0.05, 0.1) is 13.0 Å². The molecule has 132 valence electrons. The third kappa shape index (κ3) is 17.2. The first-order chi connectivity index (χ1) is 10.1. The van der Waals surface area contributed by atoms with Gasteiger partial charge in [-0.1, -0.05) is 12.8 Å². The summed E-state index contributed by atoms with van der Waals surface area (Å²) in [6, 6.07) is 0. The molecule has 6 nitrogen and oxygen atoms in total. The SMILES string of the molecule is O=C(CCCCCCOCCC(F)(F)F)OCCS(=O)(=O)O. The van der Waals surface area contributed by atoms with Crippen LogP contribution in [-0.4, -0.2) is 50.7 Å². The van der Waals surface area contributed by atoms with Crippen molar-refractivity contribution in [3.63, 3.8) is 0 Å². The van der Waals surface area contributed by atoms with Crippen molar-refractivity contribution in [3.05, 3.63) is 0 Å². The number of hydrogen-bond acceptors (Lipinski definition) is 5. The van der Waals surface area contributed by atoms with Gasteiger partial charge in [-0.2, -0.15) is 21.6 Å². The Morgan fingerprint density at radius 3 is 2.23 bits per heavy atom. The number of carbonyl (C=O) groups excluding carboxylic acids is 1. The topological polar surface area (TPSA) is 89.9 Å². The molecule has 0 aliphatic carbocycles. The van der Waals surface area contributed by atoms with E-state index in [1.807, 2.05) is 0 Å². The van der Waals surface area contributed by atoms with E-state index in [2.05, 4.69) is 4.74 Å². The molecule has 0 unspecified atom stereocenters. The lowest BCUT2D eigenvalue weighted by molar-refractivity contribution is -0.145. The molecule has 0 saturated heterocycles. The Hall–Kier alpha value is -0.870. The maximum Gasteiger partial charge on any atom is 0.391 e. The zero-order valence-electron chi connectivity index (χ0n) is 12.1. The van der Waals surface area contributed by atoms with Crippen LogP contribution < -0.4 is 0 Å². The van der Waals surface area contributed by atoms with Gasteiger partial charge in [0.2, 0.25) is 0 Å². The van der Waals surface area contributed by atoms with E-state index in [1.54, 1.807) is 0 Å². The van der Waals surface area contributed by atoms with Crippen LogP contribution in [0.15, 0.2) is 0 Å². The summed E-state index contributed by atoms with van der Waals surface area (Å²) in [5.41, 5.74) is 0. The summed E-state index contributed by atoms with van der Waals surface area (Å²) >= 11 is 0. The number of halogens is 3. The van der Waals surface area contributed by atoms with Crippen molar-refractivity contribution < 1.29 is 40.4 Å². The standard InChI is InChI=1S/C12H21F3O6S/c13-12(14,15)6-8-20-7-4-2-1-3-5-11(16)21-9-10-22(17,18)19/h1-10H2,(H,17,18,19). The highest BCUT2D eigenvalue weighted by atomic mass is 32.2. The van der Waals surface area contributed by atoms with Crippen LogP contribution in [0, 0.1) is 0 Å². The van der Waals surface area contributed by atoms with Gasteiger partial charge in [0, 0.05) is 13.0 Å². The van der Waals surface area contributed by atoms with Crippen LogP contribution in [0.2, 0.25) is 0 Å². The smallest absolute Gasteiger partial charge is 0.391 e. The molecule has 10 heteroatoms. The Bertz CT molecular complexity index is 408. The Labute approximate surface area is 127 Å². The Morgan fingerprint density at radius 1 is 1.00 bits per heavy atom. The van der Waals surface area contributed by atoms with Crippen molar-refractivity contribution >= 4 is 16.1 Å². The molecule has 0 aromatic heterocycles. The number of esters is 1. The van der Waals surface area contributed by atoms with E-state index < -0.39 is 34.4 Å². The average Bonchev–Trinajstić information content (AvgIpc) is 2.33. The van der Waals surface area contributed by atoms with Gasteiger partial charge in [-0.05, 0) is 12.8 Å². The molecule has 0 saturated carbocycles. The van der Waals surface area contributed by atoms with Crippen LogP contribution in [0.5, 0.6) is 0 Å². The van der Waals surface area contributed by atoms with E-state index in [0.717, 1.165) is 0 Å². The molecular weight excluding hydrogens is 329 g/mol. The zero-order chi connectivity index (χ0) is 17.1. The van der Waals surface area contributed by atoms with Crippen LogP contribution in [0.25, 0.3) is 0 Å². The van der Waals surface area contributed by atoms with E-state index in [9.17, 15) is 26.4 Å². The van der Waals surface area contributed by atoms with Gasteiger partial charge in [0.1, 0.15) is 12.4 Å². The Morgan fingerprint density at radius 2 is 1.64 bits per heavy atom. The molecule has 0 aliphatic heterocycles. The fourth-order valence-corrected chi connectivity index (χ4v) is 1.74. The lowest BCUT2D eigenvalue weighted by atomic mass is 10.1. The minimum atomic E-state index is -4.20. The highest BCUT2D eigenvalue weighted by molar-refractivity contribution is 7.85. The maximum atomic E-state index is 11.8. The number of rotatable bonds is 12. The van der Waals surface area contributed by atoms with E-state index in [-0.39, 0.29) is 26.2 Å². The van der Waals surface area contributed by atoms with Gasteiger partial charge in [0.15, 0.2) is 0 Å². The van der Waals surface area contributed by atoms with E-state index in [1.165, 1.54) is 0 Å². The number of ether oxygens (including phenoxy) is 2. The van der Waals surface area contributed by atoms with Crippen LogP contribution >= 0.6 is 0 Å². The molecule has 0 bridgehead atoms. The first-order valence-corrected chi connectivity index (χ1v) is 8.46. The zero-order valence-corrected chi connectivity index (χ0v) is 12.9. The van der Waals surface area contributed by atoms with Crippen molar-refractivity contribution in [3.8, 4) is 0 Å². The highest BCUT2D eigenvalue weighted by Gasteiger charge is 2.26. The fraction of sp³-hybridized carbons (Fsp3) is 0.917. The van der Waals surface area contributed by atoms with Gasteiger partial charge < -0.3 is 9.47 Å². The third-order valence-corrected chi connectivity index (χ3v) is 3.24. The maximum absolute atomic E-state index is 11.8. The quantitative estimate of drug-likeness (QED) is 0.330. The molecule has 0 spiro atoms. The summed E-state index contributed by atoms with van der Waals surface area (Å²) in [5.74, 6) is -1.18. The van der Waals surface area contributed by atoms with Crippen LogP contribution in [0.3, 0.4) is 0 Å². The molecular formula is C12H21F3O6S.